The maximum Gasteiger partial charge on any atom is 0.260 e. The fraction of sp³-hybridized carbons (Fsp3) is 0.455. The third kappa shape index (κ3) is 4.85. The monoisotopic (exact) mass is 446 g/mol. The minimum absolute atomic E-state index is 0.0623. The summed E-state index contributed by atoms with van der Waals surface area (Å²) in [6, 6.07) is 2.93. The lowest BCUT2D eigenvalue weighted by molar-refractivity contribution is -0.132. The first-order chi connectivity index (χ1) is 15.4. The van der Waals surface area contributed by atoms with E-state index in [1.54, 1.807) is 22.9 Å². The molecule has 2 aliphatic rings. The van der Waals surface area contributed by atoms with E-state index in [0.717, 1.165) is 12.1 Å². The number of ether oxygens (including phenoxy) is 2. The maximum absolute atomic E-state index is 13.7. The zero-order valence-corrected chi connectivity index (χ0v) is 17.7. The number of aryl methyl sites for hydroxylation is 1. The number of hydrogen-bond donors (Lipinski definition) is 0. The standard InChI is InChI=1S/C22H24F2N4O4/c1-14-17(22(30)27-6-8-31-9-7-27)11-25-21(26-14)15-4-5-28(12-15)20(29)13-32-19-3-2-16(23)10-18(19)24/h2-3,10-11,15H,4-9,12-13H2,1H3/t15-/m0/s1. The molecule has 1 aromatic heterocycles. The Balaban J connectivity index is 1.34. The second kappa shape index (κ2) is 9.56. The van der Waals surface area contributed by atoms with E-state index in [0.29, 0.717) is 69.0 Å². The van der Waals surface area contributed by atoms with Crippen LogP contribution in [0.3, 0.4) is 0 Å². The number of aromatic nitrogens is 2. The van der Waals surface area contributed by atoms with E-state index >= 15 is 0 Å². The molecule has 0 aliphatic carbocycles. The van der Waals surface area contributed by atoms with Gasteiger partial charge in [0.15, 0.2) is 18.2 Å². The van der Waals surface area contributed by atoms with Crippen LogP contribution in [0.5, 0.6) is 5.75 Å². The topological polar surface area (TPSA) is 84.9 Å². The van der Waals surface area contributed by atoms with E-state index in [9.17, 15) is 18.4 Å². The van der Waals surface area contributed by atoms with Crippen molar-refractivity contribution in [2.75, 3.05) is 46.0 Å². The van der Waals surface area contributed by atoms with Crippen molar-refractivity contribution in [1.82, 2.24) is 19.8 Å². The Morgan fingerprint density at radius 1 is 1.19 bits per heavy atom. The highest BCUT2D eigenvalue weighted by Crippen LogP contribution is 2.26. The number of morpholine rings is 1. The van der Waals surface area contributed by atoms with Crippen molar-refractivity contribution in [3.63, 3.8) is 0 Å². The lowest BCUT2D eigenvalue weighted by Gasteiger charge is -2.27. The first kappa shape index (κ1) is 22.1. The number of halogens is 2. The number of benzene rings is 1. The molecule has 3 heterocycles. The lowest BCUT2D eigenvalue weighted by Crippen LogP contribution is -2.41. The molecule has 0 saturated carbocycles. The van der Waals surface area contributed by atoms with Crippen molar-refractivity contribution in [2.45, 2.75) is 19.3 Å². The van der Waals surface area contributed by atoms with Crippen molar-refractivity contribution in [2.24, 2.45) is 0 Å². The van der Waals surface area contributed by atoms with Crippen LogP contribution < -0.4 is 4.74 Å². The Bertz CT molecular complexity index is 1010. The van der Waals surface area contributed by atoms with Crippen molar-refractivity contribution < 1.29 is 27.8 Å². The van der Waals surface area contributed by atoms with Crippen LogP contribution in [0, 0.1) is 18.6 Å². The van der Waals surface area contributed by atoms with Gasteiger partial charge in [-0.05, 0) is 25.5 Å². The third-order valence-electron chi connectivity index (χ3n) is 5.68. The molecule has 2 fully saturated rings. The van der Waals surface area contributed by atoms with Crippen molar-refractivity contribution in [3.05, 3.63) is 53.1 Å². The first-order valence-corrected chi connectivity index (χ1v) is 10.5. The summed E-state index contributed by atoms with van der Waals surface area (Å²) in [7, 11) is 0. The number of nitrogens with zero attached hydrogens (tertiary/aromatic N) is 4. The van der Waals surface area contributed by atoms with Gasteiger partial charge in [0.05, 0.1) is 24.5 Å². The van der Waals surface area contributed by atoms with E-state index < -0.39 is 11.6 Å². The molecule has 1 aromatic carbocycles. The Labute approximate surface area is 184 Å². The summed E-state index contributed by atoms with van der Waals surface area (Å²) in [5.74, 6) is -1.62. The summed E-state index contributed by atoms with van der Waals surface area (Å²) in [4.78, 5) is 37.4. The van der Waals surface area contributed by atoms with Crippen LogP contribution in [0.15, 0.2) is 24.4 Å². The highest BCUT2D eigenvalue weighted by molar-refractivity contribution is 5.95. The first-order valence-electron chi connectivity index (χ1n) is 10.5. The van der Waals surface area contributed by atoms with Gasteiger partial charge in [-0.2, -0.15) is 0 Å². The number of carbonyl (C=O) groups is 2. The van der Waals surface area contributed by atoms with E-state index in [1.807, 2.05) is 0 Å². The van der Waals surface area contributed by atoms with Crippen LogP contribution in [0.25, 0.3) is 0 Å². The van der Waals surface area contributed by atoms with E-state index in [4.69, 9.17) is 9.47 Å². The minimum atomic E-state index is -0.854. The number of rotatable bonds is 5. The van der Waals surface area contributed by atoms with Gasteiger partial charge in [-0.3, -0.25) is 9.59 Å². The number of carbonyl (C=O) groups excluding carboxylic acids is 2. The normalized spacial score (nSPS) is 18.7. The summed E-state index contributed by atoms with van der Waals surface area (Å²) in [6.45, 7) is 4.47. The highest BCUT2D eigenvalue weighted by atomic mass is 19.1. The second-order valence-corrected chi connectivity index (χ2v) is 7.82. The largest absolute Gasteiger partial charge is 0.481 e. The summed E-state index contributed by atoms with van der Waals surface area (Å²) >= 11 is 0. The predicted octanol–water partition coefficient (Wildman–Crippen LogP) is 1.93. The Kier molecular flexibility index (Phi) is 6.59. The zero-order chi connectivity index (χ0) is 22.7. The van der Waals surface area contributed by atoms with E-state index in [2.05, 4.69) is 9.97 Å². The summed E-state index contributed by atoms with van der Waals surface area (Å²) in [6.07, 6.45) is 2.23. The van der Waals surface area contributed by atoms with Crippen LogP contribution >= 0.6 is 0 Å². The van der Waals surface area contributed by atoms with Crippen molar-refractivity contribution in [1.29, 1.82) is 0 Å². The second-order valence-electron chi connectivity index (χ2n) is 7.82. The quantitative estimate of drug-likeness (QED) is 0.698. The van der Waals surface area contributed by atoms with Gasteiger partial charge in [0.1, 0.15) is 11.6 Å². The Morgan fingerprint density at radius 2 is 1.97 bits per heavy atom. The van der Waals surface area contributed by atoms with Gasteiger partial charge in [0, 0.05) is 44.4 Å². The average molecular weight is 446 g/mol. The third-order valence-corrected chi connectivity index (χ3v) is 5.68. The van der Waals surface area contributed by atoms with Gasteiger partial charge in [-0.1, -0.05) is 0 Å². The lowest BCUT2D eigenvalue weighted by atomic mass is 10.1. The minimum Gasteiger partial charge on any atom is -0.481 e. The van der Waals surface area contributed by atoms with Crippen LogP contribution in [-0.4, -0.2) is 77.6 Å². The molecule has 10 heteroatoms. The van der Waals surface area contributed by atoms with Crippen LogP contribution in [0.2, 0.25) is 0 Å². The Hall–Kier alpha value is -3.14. The number of amides is 2. The molecule has 0 spiro atoms. The molecule has 0 bridgehead atoms. The fourth-order valence-electron chi connectivity index (χ4n) is 3.85. The summed E-state index contributed by atoms with van der Waals surface area (Å²) in [5, 5.41) is 0. The molecule has 170 valence electrons. The van der Waals surface area contributed by atoms with E-state index in [1.165, 1.54) is 0 Å². The average Bonchev–Trinajstić information content (AvgIpc) is 3.29. The van der Waals surface area contributed by atoms with E-state index in [-0.39, 0.29) is 30.1 Å². The van der Waals surface area contributed by atoms with Gasteiger partial charge in [-0.15, -0.1) is 0 Å². The van der Waals surface area contributed by atoms with Crippen molar-refractivity contribution in [3.8, 4) is 5.75 Å². The van der Waals surface area contributed by atoms with Crippen LogP contribution in [-0.2, 0) is 9.53 Å². The molecule has 0 N–H and O–H groups in total. The van der Waals surface area contributed by atoms with Crippen LogP contribution in [0.1, 0.15) is 34.2 Å². The van der Waals surface area contributed by atoms with Gasteiger partial charge in [-0.25, -0.2) is 18.7 Å². The number of hydrogen-bond acceptors (Lipinski definition) is 6. The van der Waals surface area contributed by atoms with Crippen molar-refractivity contribution >= 4 is 11.8 Å². The molecule has 32 heavy (non-hydrogen) atoms. The molecule has 4 rings (SSSR count). The molecular weight excluding hydrogens is 422 g/mol. The molecule has 2 amide bonds. The Morgan fingerprint density at radius 3 is 2.69 bits per heavy atom. The van der Waals surface area contributed by atoms with Gasteiger partial charge >= 0.3 is 0 Å². The molecule has 0 unspecified atom stereocenters. The molecule has 1 atom stereocenters. The maximum atomic E-state index is 13.7. The zero-order valence-electron chi connectivity index (χ0n) is 17.7. The molecule has 2 aliphatic heterocycles. The SMILES string of the molecule is Cc1nc([C@H]2CCN(C(=O)COc3ccc(F)cc3F)C2)ncc1C(=O)N1CCOCC1. The van der Waals surface area contributed by atoms with Gasteiger partial charge in [0.25, 0.3) is 11.8 Å². The summed E-state index contributed by atoms with van der Waals surface area (Å²) < 4.78 is 37.1. The highest BCUT2D eigenvalue weighted by Gasteiger charge is 2.30. The molecule has 2 saturated heterocycles. The molecule has 8 nitrogen and oxygen atoms in total. The predicted molar refractivity (Wildman–Crippen MR) is 109 cm³/mol. The summed E-state index contributed by atoms with van der Waals surface area (Å²) in [5.41, 5.74) is 1.07. The molecular formula is C22H24F2N4O4. The molecule has 0 radical (unpaired) electrons. The van der Waals surface area contributed by atoms with Gasteiger partial charge < -0.3 is 19.3 Å². The fourth-order valence-corrected chi connectivity index (χ4v) is 3.85. The van der Waals surface area contributed by atoms with Gasteiger partial charge in [0.2, 0.25) is 0 Å². The smallest absolute Gasteiger partial charge is 0.260 e. The molecule has 2 aromatic rings. The number of likely N-dealkylation sites (tertiary alicyclic amines) is 1. The van der Waals surface area contributed by atoms with Crippen LogP contribution in [0.4, 0.5) is 8.78 Å².